The molecule has 0 amide bonds. The molecule has 0 N–H and O–H groups in total. The SMILES string of the molecule is ClC=C(Cl)N1CC1. The molecule has 7 heavy (non-hydrogen) atoms. The van der Waals surface area contributed by atoms with Crippen LogP contribution in [0, 0.1) is 0 Å². The second-order valence-corrected chi connectivity index (χ2v) is 2.02. The van der Waals surface area contributed by atoms with Crippen molar-refractivity contribution in [2.75, 3.05) is 13.1 Å². The molecule has 0 bridgehead atoms. The zero-order valence-electron chi connectivity index (χ0n) is 3.69. The van der Waals surface area contributed by atoms with Crippen molar-refractivity contribution in [2.24, 2.45) is 0 Å². The summed E-state index contributed by atoms with van der Waals surface area (Å²) in [5.41, 5.74) is 1.38. The maximum Gasteiger partial charge on any atom is 0.116 e. The van der Waals surface area contributed by atoms with Gasteiger partial charge in [-0.05, 0) is 0 Å². The van der Waals surface area contributed by atoms with E-state index in [-0.39, 0.29) is 0 Å². The van der Waals surface area contributed by atoms with E-state index in [1.807, 2.05) is 4.90 Å². The van der Waals surface area contributed by atoms with E-state index in [1.54, 1.807) is 0 Å². The minimum atomic E-state index is 0.654. The Morgan fingerprint density at radius 3 is 2.29 bits per heavy atom. The second-order valence-electron chi connectivity index (χ2n) is 1.42. The zero-order chi connectivity index (χ0) is 5.28. The first kappa shape index (κ1) is 5.26. The quantitative estimate of drug-likeness (QED) is 0.392. The fraction of sp³-hybridized carbons (Fsp3) is 0.500. The molecule has 1 heterocycles. The molecule has 40 valence electrons. The van der Waals surface area contributed by atoms with E-state index in [1.165, 1.54) is 5.54 Å². The molecule has 0 saturated carbocycles. The molecule has 1 aliphatic heterocycles. The number of rotatable bonds is 1. The monoisotopic (exact) mass is 137 g/mol. The van der Waals surface area contributed by atoms with E-state index < -0.39 is 0 Å². The minimum absolute atomic E-state index is 0.654. The summed E-state index contributed by atoms with van der Waals surface area (Å²) in [7, 11) is 0. The fourth-order valence-corrected chi connectivity index (χ4v) is 0.640. The summed E-state index contributed by atoms with van der Waals surface area (Å²) in [6, 6.07) is 0. The lowest BCUT2D eigenvalue weighted by Crippen LogP contribution is -1.85. The van der Waals surface area contributed by atoms with Gasteiger partial charge in [-0.2, -0.15) is 0 Å². The third kappa shape index (κ3) is 1.25. The average molecular weight is 138 g/mol. The zero-order valence-corrected chi connectivity index (χ0v) is 5.21. The molecule has 1 saturated heterocycles. The molecule has 0 aliphatic carbocycles. The van der Waals surface area contributed by atoms with Crippen molar-refractivity contribution in [1.82, 2.24) is 4.90 Å². The van der Waals surface area contributed by atoms with Crippen molar-refractivity contribution >= 4 is 23.2 Å². The summed E-state index contributed by atoms with van der Waals surface area (Å²) >= 11 is 10.8. The Morgan fingerprint density at radius 2 is 2.14 bits per heavy atom. The van der Waals surface area contributed by atoms with Gasteiger partial charge in [-0.1, -0.05) is 23.2 Å². The number of hydrogen-bond acceptors (Lipinski definition) is 1. The molecular weight excluding hydrogens is 133 g/mol. The highest BCUT2D eigenvalue weighted by Gasteiger charge is 2.17. The first-order valence-electron chi connectivity index (χ1n) is 2.05. The molecule has 0 aromatic rings. The van der Waals surface area contributed by atoms with Crippen molar-refractivity contribution in [3.63, 3.8) is 0 Å². The summed E-state index contributed by atoms with van der Waals surface area (Å²) in [5, 5.41) is 0.654. The Morgan fingerprint density at radius 1 is 1.57 bits per heavy atom. The van der Waals surface area contributed by atoms with Crippen molar-refractivity contribution < 1.29 is 0 Å². The molecule has 0 aromatic carbocycles. The van der Waals surface area contributed by atoms with E-state index in [2.05, 4.69) is 0 Å². The van der Waals surface area contributed by atoms with Crippen LogP contribution in [0.15, 0.2) is 10.7 Å². The lowest BCUT2D eigenvalue weighted by atomic mass is 11.0. The third-order valence-corrected chi connectivity index (χ3v) is 1.51. The van der Waals surface area contributed by atoms with Crippen LogP contribution in [-0.2, 0) is 0 Å². The highest BCUT2D eigenvalue weighted by atomic mass is 35.5. The smallest absolute Gasteiger partial charge is 0.116 e. The highest BCUT2D eigenvalue weighted by Crippen LogP contribution is 2.17. The van der Waals surface area contributed by atoms with E-state index in [4.69, 9.17) is 23.2 Å². The first-order chi connectivity index (χ1) is 3.34. The van der Waals surface area contributed by atoms with Gasteiger partial charge in [-0.15, -0.1) is 0 Å². The summed E-state index contributed by atoms with van der Waals surface area (Å²) in [6.07, 6.45) is 0. The predicted molar refractivity (Wildman–Crippen MR) is 31.4 cm³/mol. The maximum atomic E-state index is 5.52. The van der Waals surface area contributed by atoms with E-state index in [0.717, 1.165) is 13.1 Å². The second kappa shape index (κ2) is 1.93. The van der Waals surface area contributed by atoms with Gasteiger partial charge < -0.3 is 4.90 Å². The van der Waals surface area contributed by atoms with Crippen molar-refractivity contribution in [1.29, 1.82) is 0 Å². The summed E-state index contributed by atoms with van der Waals surface area (Å²) in [5.74, 6) is 0. The summed E-state index contributed by atoms with van der Waals surface area (Å²) in [6.45, 7) is 2.12. The van der Waals surface area contributed by atoms with E-state index in [0.29, 0.717) is 5.16 Å². The lowest BCUT2D eigenvalue weighted by Gasteiger charge is -1.91. The van der Waals surface area contributed by atoms with Gasteiger partial charge in [0.25, 0.3) is 0 Å². The summed E-state index contributed by atoms with van der Waals surface area (Å²) in [4.78, 5) is 1.97. The molecule has 1 aliphatic rings. The normalized spacial score (nSPS) is 20.3. The Kier molecular flexibility index (Phi) is 1.45. The first-order valence-corrected chi connectivity index (χ1v) is 2.87. The summed E-state index contributed by atoms with van der Waals surface area (Å²) < 4.78 is 0. The standard InChI is InChI=1S/C4H5Cl2N/c5-3-4(6)7-1-2-7/h3H,1-2H2. The molecule has 0 atom stereocenters. The van der Waals surface area contributed by atoms with Crippen LogP contribution in [0.5, 0.6) is 0 Å². The van der Waals surface area contributed by atoms with Gasteiger partial charge in [-0.25, -0.2) is 0 Å². The van der Waals surface area contributed by atoms with Crippen molar-refractivity contribution in [3.8, 4) is 0 Å². The van der Waals surface area contributed by atoms with Gasteiger partial charge in [0.05, 0.1) is 0 Å². The molecule has 1 nitrogen and oxygen atoms in total. The molecule has 1 fully saturated rings. The minimum Gasteiger partial charge on any atom is -0.358 e. The van der Waals surface area contributed by atoms with Crippen molar-refractivity contribution in [2.45, 2.75) is 0 Å². The number of nitrogens with zero attached hydrogens (tertiary/aromatic N) is 1. The number of halogens is 2. The van der Waals surface area contributed by atoms with Crippen LogP contribution in [0.4, 0.5) is 0 Å². The molecule has 0 radical (unpaired) electrons. The Labute approximate surface area is 52.5 Å². The van der Waals surface area contributed by atoms with Gasteiger partial charge >= 0.3 is 0 Å². The highest BCUT2D eigenvalue weighted by molar-refractivity contribution is 6.36. The van der Waals surface area contributed by atoms with Crippen LogP contribution in [0.1, 0.15) is 0 Å². The van der Waals surface area contributed by atoms with Crippen LogP contribution >= 0.6 is 23.2 Å². The van der Waals surface area contributed by atoms with Gasteiger partial charge in [0.15, 0.2) is 0 Å². The van der Waals surface area contributed by atoms with Crippen LogP contribution in [0.3, 0.4) is 0 Å². The third-order valence-electron chi connectivity index (χ3n) is 0.839. The van der Waals surface area contributed by atoms with E-state index >= 15 is 0 Å². The van der Waals surface area contributed by atoms with Gasteiger partial charge in [0, 0.05) is 18.6 Å². The van der Waals surface area contributed by atoms with Crippen LogP contribution in [0.2, 0.25) is 0 Å². The topological polar surface area (TPSA) is 3.01 Å². The maximum absolute atomic E-state index is 5.52. The molecule has 0 spiro atoms. The molecule has 3 heteroatoms. The molecule has 0 unspecified atom stereocenters. The van der Waals surface area contributed by atoms with E-state index in [9.17, 15) is 0 Å². The van der Waals surface area contributed by atoms with Gasteiger partial charge in [-0.3, -0.25) is 0 Å². The Hall–Kier alpha value is 0.120. The Bertz CT molecular complexity index is 95.9. The van der Waals surface area contributed by atoms with Gasteiger partial charge in [0.2, 0.25) is 0 Å². The molecular formula is C4H5Cl2N. The molecule has 0 aromatic heterocycles. The largest absolute Gasteiger partial charge is 0.358 e. The lowest BCUT2D eigenvalue weighted by molar-refractivity contribution is 0.752. The Balaban J connectivity index is 2.37. The fourth-order valence-electron chi connectivity index (χ4n) is 0.333. The van der Waals surface area contributed by atoms with Crippen LogP contribution in [-0.4, -0.2) is 18.0 Å². The molecule has 1 rings (SSSR count). The van der Waals surface area contributed by atoms with Crippen LogP contribution in [0.25, 0.3) is 0 Å². The van der Waals surface area contributed by atoms with Gasteiger partial charge in [0.1, 0.15) is 5.16 Å². The predicted octanol–water partition coefficient (Wildman–Crippen LogP) is 1.58. The average Bonchev–Trinajstić information content (AvgIpc) is 2.44. The van der Waals surface area contributed by atoms with Crippen LogP contribution < -0.4 is 0 Å². The van der Waals surface area contributed by atoms with Crippen molar-refractivity contribution in [3.05, 3.63) is 10.7 Å². The number of hydrogen-bond donors (Lipinski definition) is 0.